The van der Waals surface area contributed by atoms with Crippen LogP contribution in [-0.2, 0) is 42.9 Å². The second-order valence-electron chi connectivity index (χ2n) is 22.7. The number of carboxylic acids is 1. The van der Waals surface area contributed by atoms with Crippen molar-refractivity contribution in [3.05, 3.63) is 60.8 Å². The Morgan fingerprint density at radius 3 is 1.17 bits per heavy atom. The van der Waals surface area contributed by atoms with E-state index in [0.717, 1.165) is 122 Å². The maximum Gasteiger partial charge on any atom is 0.335 e. The zero-order valence-electron chi connectivity index (χ0n) is 51.8. The van der Waals surface area contributed by atoms with E-state index in [4.69, 9.17) is 23.7 Å². The predicted octanol–water partition coefficient (Wildman–Crippen LogP) is 17.9. The molecule has 0 aromatic carbocycles. The van der Waals surface area contributed by atoms with E-state index in [2.05, 4.69) is 81.5 Å². The van der Waals surface area contributed by atoms with E-state index >= 15 is 0 Å². The predicted molar refractivity (Wildman–Crippen MR) is 331 cm³/mol. The van der Waals surface area contributed by atoms with Gasteiger partial charge in [0, 0.05) is 19.3 Å². The molecule has 0 aromatic rings. The molecule has 0 aliphatic carbocycles. The van der Waals surface area contributed by atoms with Crippen molar-refractivity contribution >= 4 is 23.9 Å². The number of carbonyl (C=O) groups excluding carboxylic acids is 3. The molecule has 468 valence electrons. The first kappa shape index (κ1) is 75.4. The Morgan fingerprint density at radius 1 is 0.407 bits per heavy atom. The van der Waals surface area contributed by atoms with Gasteiger partial charge in [-0.2, -0.15) is 0 Å². The lowest BCUT2D eigenvalue weighted by molar-refractivity contribution is -0.301. The van der Waals surface area contributed by atoms with E-state index in [-0.39, 0.29) is 25.9 Å². The fourth-order valence-corrected chi connectivity index (χ4v) is 9.89. The number of aliphatic carboxylic acids is 1. The summed E-state index contributed by atoms with van der Waals surface area (Å²) in [6.07, 6.45) is 58.9. The van der Waals surface area contributed by atoms with Crippen molar-refractivity contribution in [2.45, 2.75) is 340 Å². The van der Waals surface area contributed by atoms with Crippen LogP contribution in [0.3, 0.4) is 0 Å². The number of aliphatic hydroxyl groups is 2. The first-order chi connectivity index (χ1) is 39.6. The van der Waals surface area contributed by atoms with Gasteiger partial charge in [-0.1, -0.05) is 236 Å². The number of unbranched alkanes of at least 4 members (excludes halogenated alkanes) is 33. The van der Waals surface area contributed by atoms with Crippen LogP contribution < -0.4 is 0 Å². The van der Waals surface area contributed by atoms with E-state index in [1.54, 1.807) is 0 Å². The van der Waals surface area contributed by atoms with Gasteiger partial charge in [-0.05, 0) is 109 Å². The Hall–Kier alpha value is -3.58. The number of aliphatic hydroxyl groups excluding tert-OH is 2. The normalized spacial score (nSPS) is 18.1. The molecule has 1 rings (SSSR count). The number of esters is 3. The summed E-state index contributed by atoms with van der Waals surface area (Å²) in [4.78, 5) is 51.3. The molecule has 1 fully saturated rings. The lowest BCUT2D eigenvalue weighted by Crippen LogP contribution is -2.61. The first-order valence-corrected chi connectivity index (χ1v) is 33.3. The molecule has 0 amide bonds. The molecule has 1 saturated heterocycles. The molecule has 6 atom stereocenters. The highest BCUT2D eigenvalue weighted by atomic mass is 16.7. The average molecular weight is 1140 g/mol. The number of hydrogen-bond donors (Lipinski definition) is 3. The minimum absolute atomic E-state index is 0.0566. The third kappa shape index (κ3) is 46.5. The molecular weight excluding hydrogens is 1020 g/mol. The van der Waals surface area contributed by atoms with Crippen molar-refractivity contribution in [1.29, 1.82) is 0 Å². The summed E-state index contributed by atoms with van der Waals surface area (Å²) in [7, 11) is 0. The van der Waals surface area contributed by atoms with Crippen molar-refractivity contribution in [2.75, 3.05) is 13.2 Å². The summed E-state index contributed by atoms with van der Waals surface area (Å²) < 4.78 is 28.5. The summed E-state index contributed by atoms with van der Waals surface area (Å²) in [6.45, 7) is 5.96. The third-order valence-electron chi connectivity index (χ3n) is 15.0. The van der Waals surface area contributed by atoms with Gasteiger partial charge in [-0.3, -0.25) is 14.4 Å². The molecule has 0 bridgehead atoms. The van der Waals surface area contributed by atoms with E-state index in [9.17, 15) is 34.5 Å². The van der Waals surface area contributed by atoms with Crippen LogP contribution in [0.4, 0.5) is 0 Å². The molecule has 0 spiro atoms. The zero-order valence-corrected chi connectivity index (χ0v) is 51.8. The summed E-state index contributed by atoms with van der Waals surface area (Å²) in [5.41, 5.74) is 0. The highest BCUT2D eigenvalue weighted by Crippen LogP contribution is 2.27. The average Bonchev–Trinajstić information content (AvgIpc) is 3.45. The van der Waals surface area contributed by atoms with E-state index in [1.807, 2.05) is 0 Å². The molecule has 12 heteroatoms. The number of allylic oxidation sites excluding steroid dienone is 10. The Kier molecular flexibility index (Phi) is 53.0. The third-order valence-corrected chi connectivity index (χ3v) is 15.0. The Morgan fingerprint density at radius 2 is 0.741 bits per heavy atom. The van der Waals surface area contributed by atoms with Crippen LogP contribution in [0.2, 0.25) is 0 Å². The molecule has 0 saturated carbocycles. The van der Waals surface area contributed by atoms with Gasteiger partial charge in [0.15, 0.2) is 24.6 Å². The van der Waals surface area contributed by atoms with Crippen molar-refractivity contribution in [1.82, 2.24) is 0 Å². The minimum Gasteiger partial charge on any atom is -0.479 e. The fraction of sp³-hybridized carbons (Fsp3) is 0.797. The van der Waals surface area contributed by atoms with Crippen LogP contribution in [0.15, 0.2) is 60.8 Å². The largest absolute Gasteiger partial charge is 0.479 e. The van der Waals surface area contributed by atoms with Crippen molar-refractivity contribution < 1.29 is 58.2 Å². The molecule has 3 N–H and O–H groups in total. The Bertz CT molecular complexity index is 1640. The smallest absolute Gasteiger partial charge is 0.335 e. The molecular formula is C69H120O12. The fourth-order valence-electron chi connectivity index (χ4n) is 9.89. The second-order valence-corrected chi connectivity index (χ2v) is 22.7. The topological polar surface area (TPSA) is 175 Å². The van der Waals surface area contributed by atoms with E-state index < -0.39 is 67.3 Å². The van der Waals surface area contributed by atoms with Gasteiger partial charge in [0.2, 0.25) is 0 Å². The highest BCUT2D eigenvalue weighted by Gasteiger charge is 2.50. The minimum atomic E-state index is -1.91. The van der Waals surface area contributed by atoms with Gasteiger partial charge in [-0.15, -0.1) is 0 Å². The van der Waals surface area contributed by atoms with Crippen LogP contribution in [-0.4, -0.2) is 89.2 Å². The molecule has 12 nitrogen and oxygen atoms in total. The van der Waals surface area contributed by atoms with E-state index in [0.29, 0.717) is 19.3 Å². The van der Waals surface area contributed by atoms with Crippen molar-refractivity contribution in [2.24, 2.45) is 0 Å². The molecule has 0 aromatic heterocycles. The first-order valence-electron chi connectivity index (χ1n) is 33.3. The van der Waals surface area contributed by atoms with Gasteiger partial charge in [-0.25, -0.2) is 4.79 Å². The molecule has 1 aliphatic rings. The Balaban J connectivity index is 2.64. The van der Waals surface area contributed by atoms with Gasteiger partial charge >= 0.3 is 23.9 Å². The summed E-state index contributed by atoms with van der Waals surface area (Å²) in [6, 6.07) is 0. The number of carboxylic acid groups (broad SMARTS) is 1. The SMILES string of the molecule is CCCCC/C=C\C/C=C\C/C=C\CCCCCCCCC(=O)OCC(COC1OC(C(=O)O)C(O)C(O)C1OC(=O)CCCCCCCCCCC/C=C\CCCCCCCC)OC(=O)CCCCCCC/C=C\CCCCCC. The highest BCUT2D eigenvalue weighted by molar-refractivity contribution is 5.74. The summed E-state index contributed by atoms with van der Waals surface area (Å²) in [5.74, 6) is -3.13. The van der Waals surface area contributed by atoms with Crippen LogP contribution in [0.25, 0.3) is 0 Å². The standard InChI is InChI=1S/C69H120O12/c1-4-7-10-13-16-19-22-25-27-29-31-33-35-38-40-43-46-49-52-55-61(70)77-58-60(79-62(71)56-53-50-47-44-41-37-24-21-18-15-12-9-6-3)59-78-69-67(65(74)64(73)66(81-69)68(75)76)80-63(72)57-54-51-48-45-42-39-36-34-32-30-28-26-23-20-17-14-11-8-5-2/h16,19,21,24-28,31,33,60,64-67,69,73-74H,4-15,17-18,20,22-23,29-30,32,34-59H2,1-3H3,(H,75,76)/b19-16-,24-21-,27-25-,28-26-,33-31-. The van der Waals surface area contributed by atoms with Crippen LogP contribution in [0.1, 0.15) is 303 Å². The van der Waals surface area contributed by atoms with E-state index in [1.165, 1.54) is 122 Å². The molecule has 6 unspecified atom stereocenters. The number of hydrogen-bond acceptors (Lipinski definition) is 11. The zero-order chi connectivity index (χ0) is 58.9. The quantitative estimate of drug-likeness (QED) is 0.0228. The lowest BCUT2D eigenvalue weighted by Gasteiger charge is -2.40. The van der Waals surface area contributed by atoms with Gasteiger partial charge in [0.1, 0.15) is 18.8 Å². The monoisotopic (exact) mass is 1140 g/mol. The number of rotatable bonds is 57. The molecule has 81 heavy (non-hydrogen) atoms. The number of carbonyl (C=O) groups is 4. The second kappa shape index (κ2) is 56.9. The number of ether oxygens (including phenoxy) is 5. The van der Waals surface area contributed by atoms with Gasteiger partial charge in [0.25, 0.3) is 0 Å². The maximum absolute atomic E-state index is 13.2. The van der Waals surface area contributed by atoms with Gasteiger partial charge < -0.3 is 39.0 Å². The maximum atomic E-state index is 13.2. The van der Waals surface area contributed by atoms with Crippen LogP contribution in [0, 0.1) is 0 Å². The van der Waals surface area contributed by atoms with Crippen molar-refractivity contribution in [3.63, 3.8) is 0 Å². The van der Waals surface area contributed by atoms with Crippen LogP contribution >= 0.6 is 0 Å². The molecule has 1 heterocycles. The summed E-state index contributed by atoms with van der Waals surface area (Å²) >= 11 is 0. The van der Waals surface area contributed by atoms with Gasteiger partial charge in [0.05, 0.1) is 6.61 Å². The molecule has 0 radical (unpaired) electrons. The summed E-state index contributed by atoms with van der Waals surface area (Å²) in [5, 5.41) is 31.6. The van der Waals surface area contributed by atoms with Crippen molar-refractivity contribution in [3.8, 4) is 0 Å². The van der Waals surface area contributed by atoms with Crippen LogP contribution in [0.5, 0.6) is 0 Å². The lowest BCUT2D eigenvalue weighted by atomic mass is 9.98. The Labute approximate surface area is 494 Å². The molecule has 1 aliphatic heterocycles.